The van der Waals surface area contributed by atoms with Gasteiger partial charge in [0.2, 0.25) is 0 Å². The molecule has 0 spiro atoms. The molecular weight excluding hydrogens is 321 g/mol. The van der Waals surface area contributed by atoms with Gasteiger partial charge >= 0.3 is 5.97 Å². The van der Waals surface area contributed by atoms with E-state index in [2.05, 4.69) is 0 Å². The van der Waals surface area contributed by atoms with E-state index in [1.165, 1.54) is 24.1 Å². The predicted octanol–water partition coefficient (Wildman–Crippen LogP) is 3.35. The smallest absolute Gasteiger partial charge is 0.331 e. The molecule has 2 aromatic carbocycles. The molecule has 0 aliphatic rings. The van der Waals surface area contributed by atoms with E-state index in [9.17, 15) is 14.0 Å². The van der Waals surface area contributed by atoms with E-state index >= 15 is 0 Å². The number of carbonyl (C=O) groups is 2. The number of likely N-dealkylation sites (N-methyl/N-ethyl adjacent to an activating group) is 1. The Kier molecular flexibility index (Phi) is 6.46. The maximum atomic E-state index is 13.6. The minimum absolute atomic E-state index is 0.113. The number of esters is 1. The largest absolute Gasteiger partial charge is 0.452 e. The van der Waals surface area contributed by atoms with Crippen LogP contribution in [0.15, 0.2) is 54.6 Å². The highest BCUT2D eigenvalue weighted by atomic mass is 19.1. The van der Waals surface area contributed by atoms with Crippen LogP contribution in [0.4, 0.5) is 4.39 Å². The van der Waals surface area contributed by atoms with Crippen LogP contribution in [-0.2, 0) is 20.9 Å². The third-order valence-electron chi connectivity index (χ3n) is 3.58. The third kappa shape index (κ3) is 5.88. The minimum Gasteiger partial charge on any atom is -0.452 e. The molecular formula is C20H20FNO3. The Morgan fingerprint density at radius 1 is 1.16 bits per heavy atom. The Labute approximate surface area is 146 Å². The van der Waals surface area contributed by atoms with Gasteiger partial charge in [0, 0.05) is 25.2 Å². The van der Waals surface area contributed by atoms with Gasteiger partial charge in [-0.05, 0) is 24.6 Å². The quantitative estimate of drug-likeness (QED) is 0.598. The van der Waals surface area contributed by atoms with E-state index in [-0.39, 0.29) is 19.0 Å². The zero-order valence-electron chi connectivity index (χ0n) is 14.2. The van der Waals surface area contributed by atoms with Crippen molar-refractivity contribution in [2.45, 2.75) is 13.5 Å². The zero-order valence-corrected chi connectivity index (χ0v) is 14.2. The van der Waals surface area contributed by atoms with Gasteiger partial charge in [-0.1, -0.05) is 48.0 Å². The molecule has 0 fully saturated rings. The van der Waals surface area contributed by atoms with Crippen LogP contribution < -0.4 is 0 Å². The molecule has 0 aromatic heterocycles. The summed E-state index contributed by atoms with van der Waals surface area (Å²) in [6.07, 6.45) is 2.90. The number of hydrogen-bond donors (Lipinski definition) is 0. The molecule has 5 heteroatoms. The summed E-state index contributed by atoms with van der Waals surface area (Å²) in [4.78, 5) is 25.0. The number of halogens is 1. The fraction of sp³-hybridized carbons (Fsp3) is 0.200. The van der Waals surface area contributed by atoms with E-state index in [1.54, 1.807) is 24.3 Å². The molecule has 2 rings (SSSR count). The Balaban J connectivity index is 1.82. The van der Waals surface area contributed by atoms with Gasteiger partial charge in [-0.2, -0.15) is 0 Å². The van der Waals surface area contributed by atoms with Crippen molar-refractivity contribution < 1.29 is 18.7 Å². The molecule has 25 heavy (non-hydrogen) atoms. The summed E-state index contributed by atoms with van der Waals surface area (Å²) in [5.74, 6) is -1.38. The molecule has 0 radical (unpaired) electrons. The lowest BCUT2D eigenvalue weighted by atomic mass is 10.1. The first kappa shape index (κ1) is 18.4. The van der Waals surface area contributed by atoms with Crippen molar-refractivity contribution in [2.75, 3.05) is 13.7 Å². The van der Waals surface area contributed by atoms with Crippen LogP contribution in [0.1, 0.15) is 16.7 Å². The van der Waals surface area contributed by atoms with Gasteiger partial charge in [0.05, 0.1) is 0 Å². The predicted molar refractivity (Wildman–Crippen MR) is 94.0 cm³/mol. The van der Waals surface area contributed by atoms with Gasteiger partial charge in [0.1, 0.15) is 5.82 Å². The number of rotatable bonds is 6. The normalized spacial score (nSPS) is 10.7. The lowest BCUT2D eigenvalue weighted by Gasteiger charge is -2.17. The summed E-state index contributed by atoms with van der Waals surface area (Å²) in [7, 11) is 1.53. The molecule has 0 saturated carbocycles. The molecule has 0 N–H and O–H groups in total. The molecule has 2 aromatic rings. The SMILES string of the molecule is Cc1cccc(/C=C/C(=O)OCC(=O)N(C)Cc2ccccc2F)c1. The topological polar surface area (TPSA) is 46.6 Å². The average Bonchev–Trinajstić information content (AvgIpc) is 2.59. The Hall–Kier alpha value is -2.95. The summed E-state index contributed by atoms with van der Waals surface area (Å²) < 4.78 is 18.5. The monoisotopic (exact) mass is 341 g/mol. The Bertz CT molecular complexity index is 786. The third-order valence-corrected chi connectivity index (χ3v) is 3.58. The number of nitrogens with zero attached hydrogens (tertiary/aromatic N) is 1. The number of benzene rings is 2. The molecule has 0 aliphatic heterocycles. The van der Waals surface area contributed by atoms with Crippen LogP contribution in [0.5, 0.6) is 0 Å². The molecule has 0 unspecified atom stereocenters. The van der Waals surface area contributed by atoms with Crippen molar-refractivity contribution in [1.82, 2.24) is 4.90 Å². The average molecular weight is 341 g/mol. The van der Waals surface area contributed by atoms with Crippen molar-refractivity contribution in [1.29, 1.82) is 0 Å². The molecule has 0 atom stereocenters. The lowest BCUT2D eigenvalue weighted by Crippen LogP contribution is -2.30. The second-order valence-corrected chi connectivity index (χ2v) is 5.70. The maximum Gasteiger partial charge on any atom is 0.331 e. The first-order valence-electron chi connectivity index (χ1n) is 7.84. The van der Waals surface area contributed by atoms with Crippen molar-refractivity contribution in [2.24, 2.45) is 0 Å². The first-order valence-corrected chi connectivity index (χ1v) is 7.84. The van der Waals surface area contributed by atoms with Crippen molar-refractivity contribution in [3.8, 4) is 0 Å². The summed E-state index contributed by atoms with van der Waals surface area (Å²) in [5.41, 5.74) is 2.37. The molecule has 0 heterocycles. The van der Waals surface area contributed by atoms with Crippen LogP contribution in [-0.4, -0.2) is 30.4 Å². The van der Waals surface area contributed by atoms with E-state index in [1.807, 2.05) is 31.2 Å². The van der Waals surface area contributed by atoms with Crippen LogP contribution >= 0.6 is 0 Å². The number of amides is 1. The van der Waals surface area contributed by atoms with Gasteiger partial charge in [-0.3, -0.25) is 4.79 Å². The Morgan fingerprint density at radius 3 is 2.64 bits per heavy atom. The minimum atomic E-state index is -0.603. The van der Waals surface area contributed by atoms with Crippen molar-refractivity contribution >= 4 is 18.0 Å². The lowest BCUT2D eigenvalue weighted by molar-refractivity contribution is -0.147. The van der Waals surface area contributed by atoms with E-state index in [4.69, 9.17) is 4.74 Å². The molecule has 0 bridgehead atoms. The van der Waals surface area contributed by atoms with Gasteiger partial charge in [-0.15, -0.1) is 0 Å². The number of aryl methyl sites for hydroxylation is 1. The highest BCUT2D eigenvalue weighted by Crippen LogP contribution is 2.09. The fourth-order valence-corrected chi connectivity index (χ4v) is 2.20. The summed E-state index contributed by atoms with van der Waals surface area (Å²) >= 11 is 0. The fourth-order valence-electron chi connectivity index (χ4n) is 2.20. The van der Waals surface area contributed by atoms with Crippen molar-refractivity contribution in [3.63, 3.8) is 0 Å². The Morgan fingerprint density at radius 2 is 1.92 bits per heavy atom. The zero-order chi connectivity index (χ0) is 18.2. The molecule has 0 aliphatic carbocycles. The highest BCUT2D eigenvalue weighted by molar-refractivity contribution is 5.89. The number of carbonyl (C=O) groups excluding carboxylic acids is 2. The van der Waals surface area contributed by atoms with Crippen LogP contribution in [0.25, 0.3) is 6.08 Å². The number of hydrogen-bond acceptors (Lipinski definition) is 3. The first-order chi connectivity index (χ1) is 12.0. The van der Waals surface area contributed by atoms with Crippen LogP contribution in [0, 0.1) is 12.7 Å². The van der Waals surface area contributed by atoms with Gasteiger partial charge in [0.15, 0.2) is 6.61 Å². The van der Waals surface area contributed by atoms with Crippen LogP contribution in [0.2, 0.25) is 0 Å². The standard InChI is InChI=1S/C20H20FNO3/c1-15-6-5-7-16(12-15)10-11-20(24)25-14-19(23)22(2)13-17-8-3-4-9-18(17)21/h3-12H,13-14H2,1-2H3/b11-10+. The molecule has 130 valence electrons. The van der Waals surface area contributed by atoms with Gasteiger partial charge in [-0.25, -0.2) is 9.18 Å². The molecule has 0 saturated heterocycles. The second-order valence-electron chi connectivity index (χ2n) is 5.70. The van der Waals surface area contributed by atoms with E-state index in [0.29, 0.717) is 5.56 Å². The van der Waals surface area contributed by atoms with Crippen molar-refractivity contribution in [3.05, 3.63) is 77.1 Å². The number of ether oxygens (including phenoxy) is 1. The summed E-state index contributed by atoms with van der Waals surface area (Å²) in [6, 6.07) is 13.9. The van der Waals surface area contributed by atoms with E-state index in [0.717, 1.165) is 11.1 Å². The van der Waals surface area contributed by atoms with Crippen LogP contribution in [0.3, 0.4) is 0 Å². The maximum absolute atomic E-state index is 13.6. The molecule has 4 nitrogen and oxygen atoms in total. The molecule has 1 amide bonds. The summed E-state index contributed by atoms with van der Waals surface area (Å²) in [6.45, 7) is 1.68. The highest BCUT2D eigenvalue weighted by Gasteiger charge is 2.13. The van der Waals surface area contributed by atoms with Gasteiger partial charge in [0.25, 0.3) is 5.91 Å². The summed E-state index contributed by atoms with van der Waals surface area (Å²) in [5, 5.41) is 0. The van der Waals surface area contributed by atoms with Gasteiger partial charge < -0.3 is 9.64 Å². The van der Waals surface area contributed by atoms with E-state index < -0.39 is 11.9 Å². The second kappa shape index (κ2) is 8.78.